The molecule has 20 heavy (non-hydrogen) atoms. The van der Waals surface area contributed by atoms with Crippen LogP contribution < -0.4 is 5.32 Å². The zero-order valence-corrected chi connectivity index (χ0v) is 12.1. The molecule has 1 heterocycles. The number of nitrogens with one attached hydrogen (secondary N) is 1. The molecule has 0 aliphatic rings. The van der Waals surface area contributed by atoms with Gasteiger partial charge in [0.05, 0.1) is 4.92 Å². The zero-order chi connectivity index (χ0) is 14.5. The number of anilines is 1. The van der Waals surface area contributed by atoms with Crippen LogP contribution in [0.25, 0.3) is 0 Å². The molecular formula is C12H15N5O2S. The maximum atomic E-state index is 10.9. The van der Waals surface area contributed by atoms with Crippen LogP contribution >= 0.6 is 11.8 Å². The minimum atomic E-state index is -0.383. The van der Waals surface area contributed by atoms with Gasteiger partial charge in [0, 0.05) is 37.2 Å². The van der Waals surface area contributed by atoms with Gasteiger partial charge in [-0.15, -0.1) is 0 Å². The van der Waals surface area contributed by atoms with E-state index in [1.807, 2.05) is 14.0 Å². The van der Waals surface area contributed by atoms with Crippen LogP contribution in [0.4, 0.5) is 11.4 Å². The zero-order valence-electron chi connectivity index (χ0n) is 11.2. The summed E-state index contributed by atoms with van der Waals surface area (Å²) in [5.41, 5.74) is 1.89. The van der Waals surface area contributed by atoms with Gasteiger partial charge in [-0.25, -0.2) is 9.67 Å². The first-order chi connectivity index (χ1) is 9.61. The number of nitro groups is 1. The second-order valence-corrected chi connectivity index (χ2v) is 5.03. The highest BCUT2D eigenvalue weighted by molar-refractivity contribution is 7.98. The number of rotatable bonds is 6. The van der Waals surface area contributed by atoms with E-state index < -0.39 is 0 Å². The number of hydrogen-bond donors (Lipinski definition) is 1. The molecule has 0 fully saturated rings. The maximum absolute atomic E-state index is 10.9. The van der Waals surface area contributed by atoms with Crippen molar-refractivity contribution in [2.45, 2.75) is 17.8 Å². The number of thioether (sulfide) groups is 1. The lowest BCUT2D eigenvalue weighted by Crippen LogP contribution is -2.02. The molecule has 0 unspecified atom stereocenters. The molecular weight excluding hydrogens is 278 g/mol. The molecule has 0 saturated heterocycles. The Balaban J connectivity index is 2.21. The largest absolute Gasteiger partial charge is 0.385 e. The minimum absolute atomic E-state index is 0.0974. The van der Waals surface area contributed by atoms with Crippen molar-refractivity contribution in [3.63, 3.8) is 0 Å². The highest BCUT2D eigenvalue weighted by Gasteiger charge is 2.12. The molecule has 0 spiro atoms. The lowest BCUT2D eigenvalue weighted by atomic mass is 10.2. The van der Waals surface area contributed by atoms with Crippen LogP contribution in [0.2, 0.25) is 0 Å². The Hall–Kier alpha value is -2.09. The van der Waals surface area contributed by atoms with Crippen LogP contribution in [0, 0.1) is 10.1 Å². The molecule has 0 saturated carbocycles. The molecule has 0 atom stereocenters. The SMILES string of the molecule is CCNc1ccc([N+](=O)[O-])cc1CSc1ncnn1C. The van der Waals surface area contributed by atoms with Crippen LogP contribution in [-0.2, 0) is 12.8 Å². The van der Waals surface area contributed by atoms with Crippen molar-refractivity contribution in [3.05, 3.63) is 40.2 Å². The summed E-state index contributed by atoms with van der Waals surface area (Å²) < 4.78 is 1.68. The number of aryl methyl sites for hydroxylation is 1. The van der Waals surface area contributed by atoms with Gasteiger partial charge >= 0.3 is 0 Å². The molecule has 2 aromatic rings. The molecule has 0 amide bonds. The van der Waals surface area contributed by atoms with E-state index in [1.54, 1.807) is 16.8 Å². The van der Waals surface area contributed by atoms with Gasteiger partial charge in [0.2, 0.25) is 0 Å². The average Bonchev–Trinajstić information content (AvgIpc) is 2.83. The molecule has 1 aromatic heterocycles. The van der Waals surface area contributed by atoms with Crippen molar-refractivity contribution in [2.75, 3.05) is 11.9 Å². The summed E-state index contributed by atoms with van der Waals surface area (Å²) in [6.07, 6.45) is 1.49. The fourth-order valence-corrected chi connectivity index (χ4v) is 2.61. The summed E-state index contributed by atoms with van der Waals surface area (Å²) in [4.78, 5) is 14.6. The lowest BCUT2D eigenvalue weighted by molar-refractivity contribution is -0.384. The molecule has 1 N–H and O–H groups in total. The van der Waals surface area contributed by atoms with Crippen molar-refractivity contribution in [2.24, 2.45) is 7.05 Å². The van der Waals surface area contributed by atoms with E-state index in [0.717, 1.165) is 23.0 Å². The van der Waals surface area contributed by atoms with Gasteiger partial charge in [0.1, 0.15) is 6.33 Å². The highest BCUT2D eigenvalue weighted by atomic mass is 32.2. The molecule has 7 nitrogen and oxygen atoms in total. The molecule has 8 heteroatoms. The van der Waals surface area contributed by atoms with Crippen LogP contribution in [-0.4, -0.2) is 26.2 Å². The summed E-state index contributed by atoms with van der Waals surface area (Å²) in [6, 6.07) is 4.85. The van der Waals surface area contributed by atoms with Gasteiger partial charge < -0.3 is 5.32 Å². The number of non-ortho nitro benzene ring substituents is 1. The van der Waals surface area contributed by atoms with Crippen molar-refractivity contribution < 1.29 is 4.92 Å². The van der Waals surface area contributed by atoms with E-state index in [2.05, 4.69) is 15.4 Å². The number of aromatic nitrogens is 3. The van der Waals surface area contributed by atoms with Crippen molar-refractivity contribution >= 4 is 23.1 Å². The third-order valence-electron chi connectivity index (χ3n) is 2.69. The Morgan fingerprint density at radius 1 is 1.50 bits per heavy atom. The molecule has 0 bridgehead atoms. The molecule has 2 rings (SSSR count). The number of nitro benzene ring substituents is 1. The predicted octanol–water partition coefficient (Wildman–Crippen LogP) is 2.45. The first-order valence-corrected chi connectivity index (χ1v) is 7.08. The fourth-order valence-electron chi connectivity index (χ4n) is 1.73. The van der Waals surface area contributed by atoms with Crippen LogP contribution in [0.3, 0.4) is 0 Å². The minimum Gasteiger partial charge on any atom is -0.385 e. The average molecular weight is 293 g/mol. The quantitative estimate of drug-likeness (QED) is 0.500. The van der Waals surface area contributed by atoms with Gasteiger partial charge in [-0.2, -0.15) is 5.10 Å². The molecule has 0 radical (unpaired) electrons. The Bertz CT molecular complexity index is 614. The van der Waals surface area contributed by atoms with E-state index >= 15 is 0 Å². The fraction of sp³-hybridized carbons (Fsp3) is 0.333. The topological polar surface area (TPSA) is 85.9 Å². The van der Waals surface area contributed by atoms with E-state index in [4.69, 9.17) is 0 Å². The summed E-state index contributed by atoms with van der Waals surface area (Å²) in [6.45, 7) is 2.75. The molecule has 106 valence electrons. The van der Waals surface area contributed by atoms with E-state index in [-0.39, 0.29) is 10.6 Å². The van der Waals surface area contributed by atoms with Gasteiger partial charge in [-0.3, -0.25) is 10.1 Å². The first kappa shape index (κ1) is 14.3. The molecule has 0 aliphatic carbocycles. The van der Waals surface area contributed by atoms with Crippen molar-refractivity contribution in [3.8, 4) is 0 Å². The summed E-state index contributed by atoms with van der Waals surface area (Å²) >= 11 is 1.49. The second-order valence-electron chi connectivity index (χ2n) is 4.08. The van der Waals surface area contributed by atoms with Crippen LogP contribution in [0.5, 0.6) is 0 Å². The Morgan fingerprint density at radius 3 is 2.90 bits per heavy atom. The second kappa shape index (κ2) is 6.38. The smallest absolute Gasteiger partial charge is 0.269 e. The summed E-state index contributed by atoms with van der Waals surface area (Å²) in [7, 11) is 1.81. The van der Waals surface area contributed by atoms with E-state index in [9.17, 15) is 10.1 Å². The number of nitrogens with zero attached hydrogens (tertiary/aromatic N) is 4. The first-order valence-electron chi connectivity index (χ1n) is 6.09. The molecule has 1 aromatic carbocycles. The third-order valence-corrected chi connectivity index (χ3v) is 3.78. The standard InChI is InChI=1S/C12H15N5O2S/c1-3-13-11-5-4-10(17(18)19)6-9(11)7-20-12-14-8-15-16(12)2/h4-6,8,13H,3,7H2,1-2H3. The summed E-state index contributed by atoms with van der Waals surface area (Å²) in [5.74, 6) is 0.594. The Labute approximate surface area is 120 Å². The monoisotopic (exact) mass is 293 g/mol. The Kier molecular flexibility index (Phi) is 4.57. The number of hydrogen-bond acceptors (Lipinski definition) is 6. The van der Waals surface area contributed by atoms with Crippen LogP contribution in [0.15, 0.2) is 29.7 Å². The third kappa shape index (κ3) is 3.27. The van der Waals surface area contributed by atoms with Crippen LogP contribution in [0.1, 0.15) is 12.5 Å². The maximum Gasteiger partial charge on any atom is 0.269 e. The Morgan fingerprint density at radius 2 is 2.30 bits per heavy atom. The summed E-state index contributed by atoms with van der Waals surface area (Å²) in [5, 5.41) is 18.8. The van der Waals surface area contributed by atoms with Gasteiger partial charge in [-0.1, -0.05) is 11.8 Å². The lowest BCUT2D eigenvalue weighted by Gasteiger charge is -2.10. The number of benzene rings is 1. The normalized spacial score (nSPS) is 10.5. The predicted molar refractivity (Wildman–Crippen MR) is 77.8 cm³/mol. The van der Waals surface area contributed by atoms with Gasteiger partial charge in [-0.05, 0) is 18.6 Å². The van der Waals surface area contributed by atoms with E-state index in [0.29, 0.717) is 5.75 Å². The van der Waals surface area contributed by atoms with Gasteiger partial charge in [0.25, 0.3) is 5.69 Å². The highest BCUT2D eigenvalue weighted by Crippen LogP contribution is 2.28. The van der Waals surface area contributed by atoms with Crippen molar-refractivity contribution in [1.82, 2.24) is 14.8 Å². The van der Waals surface area contributed by atoms with Gasteiger partial charge in [0.15, 0.2) is 5.16 Å². The molecule has 0 aliphatic heterocycles. The van der Waals surface area contributed by atoms with E-state index in [1.165, 1.54) is 24.2 Å². The van der Waals surface area contributed by atoms with Crippen molar-refractivity contribution in [1.29, 1.82) is 0 Å².